The first kappa shape index (κ1) is 23.0. The predicted molar refractivity (Wildman–Crippen MR) is 138 cm³/mol. The van der Waals surface area contributed by atoms with Crippen LogP contribution in [0.1, 0.15) is 94.2 Å². The molecule has 0 aliphatic heterocycles. The van der Waals surface area contributed by atoms with E-state index in [0.29, 0.717) is 11.3 Å². The Kier molecular flexibility index (Phi) is 5.76. The lowest BCUT2D eigenvalue weighted by Gasteiger charge is -2.34. The smallest absolute Gasteiger partial charge is 0.198 e. The number of benzene rings is 2. The van der Waals surface area contributed by atoms with Crippen LogP contribution in [0.15, 0.2) is 36.4 Å². The zero-order valence-corrected chi connectivity index (χ0v) is 21.8. The molecule has 4 rings (SSSR count). The number of rotatable bonds is 2. The van der Waals surface area contributed by atoms with Gasteiger partial charge in [-0.25, -0.2) is 0 Å². The van der Waals surface area contributed by atoms with Crippen LogP contribution in [0.5, 0.6) is 0 Å². The molecule has 0 atom stereocenters. The molecule has 0 unspecified atom stereocenters. The first-order chi connectivity index (χ1) is 14.9. The Morgan fingerprint density at radius 1 is 0.906 bits per heavy atom. The molecule has 32 heavy (non-hydrogen) atoms. The molecule has 3 aromatic rings. The van der Waals surface area contributed by atoms with Crippen molar-refractivity contribution in [1.29, 1.82) is 0 Å². The summed E-state index contributed by atoms with van der Waals surface area (Å²) in [6, 6.07) is 14.5. The molecule has 0 saturated heterocycles. The fourth-order valence-corrected chi connectivity index (χ4v) is 5.45. The highest BCUT2D eigenvalue weighted by molar-refractivity contribution is 5.94. The van der Waals surface area contributed by atoms with Gasteiger partial charge in [0.05, 0.1) is 10.9 Å². The maximum atomic E-state index is 2.49. The molecule has 170 valence electrons. The number of fused-ring (bicyclic) bond motifs is 1. The van der Waals surface area contributed by atoms with Crippen molar-refractivity contribution in [2.45, 2.75) is 92.4 Å². The van der Waals surface area contributed by atoms with Crippen LogP contribution in [-0.2, 0) is 12.5 Å². The molecule has 0 radical (unpaired) electrons. The zero-order chi connectivity index (χ0) is 23.4. The van der Waals surface area contributed by atoms with E-state index in [1.807, 2.05) is 0 Å². The first-order valence-electron chi connectivity index (χ1n) is 12.4. The monoisotopic (exact) mass is 428 g/mol. The van der Waals surface area contributed by atoms with Crippen LogP contribution in [0.3, 0.4) is 0 Å². The van der Waals surface area contributed by atoms with Gasteiger partial charge in [0.25, 0.3) is 0 Å². The van der Waals surface area contributed by atoms with Crippen LogP contribution < -0.4 is 4.57 Å². The molecule has 0 N–H and O–H groups in total. The van der Waals surface area contributed by atoms with E-state index in [1.165, 1.54) is 75.7 Å². The lowest BCUT2D eigenvalue weighted by atomic mass is 9.71. The fraction of sp³-hybridized carbons (Fsp3) is 0.516. The number of pyridine rings is 1. The highest BCUT2D eigenvalue weighted by Crippen LogP contribution is 2.43. The summed E-state index contributed by atoms with van der Waals surface area (Å²) in [4.78, 5) is 0. The average Bonchev–Trinajstić information content (AvgIpc) is 2.70. The van der Waals surface area contributed by atoms with Gasteiger partial charge in [-0.3, -0.25) is 0 Å². The molecule has 1 aliphatic rings. The van der Waals surface area contributed by atoms with Gasteiger partial charge in [-0.2, -0.15) is 4.57 Å². The summed E-state index contributed by atoms with van der Waals surface area (Å²) in [5.74, 6) is 0.707. The predicted octanol–water partition coefficient (Wildman–Crippen LogP) is 8.24. The summed E-state index contributed by atoms with van der Waals surface area (Å²) in [5, 5.41) is 2.75. The molecule has 1 saturated carbocycles. The molecule has 1 aliphatic carbocycles. The Labute approximate surface area is 195 Å². The zero-order valence-electron chi connectivity index (χ0n) is 21.8. The van der Waals surface area contributed by atoms with E-state index >= 15 is 0 Å². The van der Waals surface area contributed by atoms with E-state index in [2.05, 4.69) is 103 Å². The standard InChI is InChI=1S/C31H42N/c1-20-16-26(30(4,5)6)19-28(22(20)3)29-27-11-10-24(18-25(27)17-21(2)32(29)9)23-12-14-31(7,8)15-13-23/h10-11,16-19,23H,12-15H2,1-9H3/q+1. The van der Waals surface area contributed by atoms with Crippen LogP contribution >= 0.6 is 0 Å². The van der Waals surface area contributed by atoms with Gasteiger partial charge >= 0.3 is 0 Å². The van der Waals surface area contributed by atoms with E-state index in [-0.39, 0.29) is 5.41 Å². The molecule has 0 amide bonds. The number of hydrogen-bond donors (Lipinski definition) is 0. The van der Waals surface area contributed by atoms with Crippen LogP contribution in [0.25, 0.3) is 22.0 Å². The van der Waals surface area contributed by atoms with E-state index in [0.717, 1.165) is 0 Å². The molecule has 1 nitrogen and oxygen atoms in total. The van der Waals surface area contributed by atoms with Gasteiger partial charge < -0.3 is 0 Å². The van der Waals surface area contributed by atoms with E-state index in [9.17, 15) is 0 Å². The minimum atomic E-state index is 0.132. The van der Waals surface area contributed by atoms with Crippen molar-refractivity contribution >= 4 is 10.8 Å². The molecule has 2 aromatic carbocycles. The summed E-state index contributed by atoms with van der Waals surface area (Å²) in [6.45, 7) is 18.6. The molecule has 0 bridgehead atoms. The highest BCUT2D eigenvalue weighted by atomic mass is 14.9. The van der Waals surface area contributed by atoms with Crippen molar-refractivity contribution in [3.8, 4) is 11.3 Å². The van der Waals surface area contributed by atoms with Gasteiger partial charge in [0.15, 0.2) is 5.69 Å². The SMILES string of the molecule is Cc1cc(C(C)(C)C)cc(-c2c3ccc(C4CCC(C)(C)CC4)cc3cc(C)[n+]2C)c1C. The molecular formula is C31H42N+. The van der Waals surface area contributed by atoms with Gasteiger partial charge in [0.1, 0.15) is 7.05 Å². The highest BCUT2D eigenvalue weighted by Gasteiger charge is 2.29. The maximum Gasteiger partial charge on any atom is 0.220 e. The lowest BCUT2D eigenvalue weighted by Crippen LogP contribution is -2.35. The summed E-state index contributed by atoms with van der Waals surface area (Å²) in [7, 11) is 2.22. The van der Waals surface area contributed by atoms with Crippen molar-refractivity contribution < 1.29 is 4.57 Å². The summed E-state index contributed by atoms with van der Waals surface area (Å²) in [5.41, 5.74) is 10.4. The van der Waals surface area contributed by atoms with Gasteiger partial charge in [-0.05, 0) is 96.1 Å². The maximum absolute atomic E-state index is 2.49. The van der Waals surface area contributed by atoms with Crippen molar-refractivity contribution in [2.75, 3.05) is 0 Å². The molecule has 1 heterocycles. The lowest BCUT2D eigenvalue weighted by molar-refractivity contribution is -0.665. The number of hydrogen-bond acceptors (Lipinski definition) is 0. The molecule has 1 heteroatoms. The number of nitrogens with zero attached hydrogens (tertiary/aromatic N) is 1. The third kappa shape index (κ3) is 4.24. The quantitative estimate of drug-likeness (QED) is 0.362. The van der Waals surface area contributed by atoms with Gasteiger partial charge in [-0.1, -0.05) is 52.8 Å². The van der Waals surface area contributed by atoms with Crippen LogP contribution in [0, 0.1) is 26.2 Å². The Morgan fingerprint density at radius 3 is 2.19 bits per heavy atom. The van der Waals surface area contributed by atoms with Gasteiger partial charge in [0.2, 0.25) is 5.69 Å². The van der Waals surface area contributed by atoms with E-state index in [1.54, 1.807) is 0 Å². The summed E-state index contributed by atoms with van der Waals surface area (Å²) < 4.78 is 2.39. The largest absolute Gasteiger partial charge is 0.220 e. The Hall–Kier alpha value is -2.15. The summed E-state index contributed by atoms with van der Waals surface area (Å²) in [6.07, 6.45) is 5.30. The second kappa shape index (κ2) is 8.01. The minimum absolute atomic E-state index is 0.132. The van der Waals surface area contributed by atoms with Crippen LogP contribution in [0.4, 0.5) is 0 Å². The second-order valence-corrected chi connectivity index (χ2v) is 12.2. The summed E-state index contributed by atoms with van der Waals surface area (Å²) >= 11 is 0. The third-order valence-electron chi connectivity index (χ3n) is 8.16. The van der Waals surface area contributed by atoms with Gasteiger partial charge in [0, 0.05) is 13.0 Å². The Morgan fingerprint density at radius 2 is 1.56 bits per heavy atom. The van der Waals surface area contributed by atoms with E-state index in [4.69, 9.17) is 0 Å². The minimum Gasteiger partial charge on any atom is -0.198 e. The molecule has 1 fully saturated rings. The second-order valence-electron chi connectivity index (χ2n) is 12.2. The average molecular weight is 429 g/mol. The number of aryl methyl sites for hydroxylation is 2. The van der Waals surface area contributed by atoms with Crippen molar-refractivity contribution in [3.63, 3.8) is 0 Å². The Bertz CT molecular complexity index is 1160. The van der Waals surface area contributed by atoms with Crippen molar-refractivity contribution in [1.82, 2.24) is 0 Å². The topological polar surface area (TPSA) is 3.88 Å². The molecule has 0 spiro atoms. The normalized spacial score (nSPS) is 17.2. The van der Waals surface area contributed by atoms with Crippen molar-refractivity contribution in [2.24, 2.45) is 12.5 Å². The Balaban J connectivity index is 1.88. The van der Waals surface area contributed by atoms with E-state index < -0.39 is 0 Å². The van der Waals surface area contributed by atoms with Crippen LogP contribution in [0.2, 0.25) is 0 Å². The van der Waals surface area contributed by atoms with Gasteiger partial charge in [-0.15, -0.1) is 0 Å². The third-order valence-corrected chi connectivity index (χ3v) is 8.16. The molecular weight excluding hydrogens is 386 g/mol. The van der Waals surface area contributed by atoms with Crippen LogP contribution in [-0.4, -0.2) is 0 Å². The number of aromatic nitrogens is 1. The van der Waals surface area contributed by atoms with Crippen molar-refractivity contribution in [3.05, 3.63) is 64.3 Å². The first-order valence-corrected chi connectivity index (χ1v) is 12.4. The fourth-order valence-electron chi connectivity index (χ4n) is 5.45. The molecule has 1 aromatic heterocycles.